The summed E-state index contributed by atoms with van der Waals surface area (Å²) in [5, 5.41) is 7.52. The first-order valence-electron chi connectivity index (χ1n) is 9.19. The van der Waals surface area contributed by atoms with Gasteiger partial charge >= 0.3 is 6.03 Å². The lowest BCUT2D eigenvalue weighted by Crippen LogP contribution is -2.49. The zero-order chi connectivity index (χ0) is 18.8. The molecule has 0 unspecified atom stereocenters. The van der Waals surface area contributed by atoms with Gasteiger partial charge in [0.25, 0.3) is 0 Å². The Bertz CT molecular complexity index is 938. The highest BCUT2D eigenvalue weighted by Gasteiger charge is 2.28. The standard InChI is InChI=1S/C20H23N5O2/c1-14(2)21-20(26)24-10-11-27-17(13-24)19-22-18-9-8-16(12-25(18)23-19)15-6-4-3-5-7-15/h3-9,12,14,17H,10-11,13H2,1-2H3,(H,21,26)/t17-/m0/s1. The third-order valence-corrected chi connectivity index (χ3v) is 4.51. The second-order valence-corrected chi connectivity index (χ2v) is 6.97. The van der Waals surface area contributed by atoms with Crippen molar-refractivity contribution in [3.8, 4) is 11.1 Å². The molecule has 1 aliphatic rings. The largest absolute Gasteiger partial charge is 0.366 e. The number of morpholine rings is 1. The molecule has 3 heterocycles. The van der Waals surface area contributed by atoms with Crippen molar-refractivity contribution in [2.75, 3.05) is 19.7 Å². The quantitative estimate of drug-likeness (QED) is 0.775. The van der Waals surface area contributed by atoms with E-state index < -0.39 is 0 Å². The Balaban J connectivity index is 1.56. The lowest BCUT2D eigenvalue weighted by molar-refractivity contribution is -0.0200. The molecule has 2 amide bonds. The molecule has 0 aliphatic carbocycles. The maximum absolute atomic E-state index is 12.3. The molecule has 7 heteroatoms. The molecule has 1 fully saturated rings. The van der Waals surface area contributed by atoms with E-state index in [9.17, 15) is 4.79 Å². The zero-order valence-corrected chi connectivity index (χ0v) is 15.5. The Labute approximate surface area is 158 Å². The molecule has 1 atom stereocenters. The Hall–Kier alpha value is -2.93. The van der Waals surface area contributed by atoms with E-state index in [1.165, 1.54) is 0 Å². The van der Waals surface area contributed by atoms with Crippen molar-refractivity contribution < 1.29 is 9.53 Å². The molecule has 0 radical (unpaired) electrons. The van der Waals surface area contributed by atoms with Crippen molar-refractivity contribution in [3.05, 3.63) is 54.5 Å². The molecule has 1 N–H and O–H groups in total. The van der Waals surface area contributed by atoms with Crippen molar-refractivity contribution in [3.63, 3.8) is 0 Å². The van der Waals surface area contributed by atoms with E-state index in [0.717, 1.165) is 16.8 Å². The number of benzene rings is 1. The minimum Gasteiger partial charge on any atom is -0.366 e. The lowest BCUT2D eigenvalue weighted by atomic mass is 10.1. The Morgan fingerprint density at radius 3 is 2.78 bits per heavy atom. The molecular weight excluding hydrogens is 342 g/mol. The van der Waals surface area contributed by atoms with E-state index in [1.54, 1.807) is 9.42 Å². The molecule has 1 aliphatic heterocycles. The van der Waals surface area contributed by atoms with Crippen LogP contribution in [-0.4, -0.2) is 51.3 Å². The fourth-order valence-corrected chi connectivity index (χ4v) is 3.17. The number of nitrogens with zero attached hydrogens (tertiary/aromatic N) is 4. The average molecular weight is 365 g/mol. The van der Waals surface area contributed by atoms with Gasteiger partial charge in [0.05, 0.1) is 13.2 Å². The molecule has 4 rings (SSSR count). The topological polar surface area (TPSA) is 71.8 Å². The van der Waals surface area contributed by atoms with Gasteiger partial charge in [-0.3, -0.25) is 0 Å². The number of hydrogen-bond acceptors (Lipinski definition) is 4. The number of carbonyl (C=O) groups excluding carboxylic acids is 1. The monoisotopic (exact) mass is 365 g/mol. The van der Waals surface area contributed by atoms with Gasteiger partial charge in [-0.15, -0.1) is 5.10 Å². The molecular formula is C20H23N5O2. The molecule has 2 aromatic heterocycles. The van der Waals surface area contributed by atoms with Gasteiger partial charge in [0.15, 0.2) is 11.5 Å². The summed E-state index contributed by atoms with van der Waals surface area (Å²) in [7, 11) is 0. The Morgan fingerprint density at radius 2 is 2.00 bits per heavy atom. The van der Waals surface area contributed by atoms with Crippen LogP contribution in [0.4, 0.5) is 4.79 Å². The van der Waals surface area contributed by atoms with Crippen LogP contribution >= 0.6 is 0 Å². The van der Waals surface area contributed by atoms with Crippen LogP contribution in [0.2, 0.25) is 0 Å². The van der Waals surface area contributed by atoms with Crippen LogP contribution in [0.1, 0.15) is 25.8 Å². The predicted octanol–water partition coefficient (Wildman–Crippen LogP) is 2.89. The summed E-state index contributed by atoms with van der Waals surface area (Å²) in [4.78, 5) is 18.6. The van der Waals surface area contributed by atoms with Crippen LogP contribution in [0.25, 0.3) is 16.8 Å². The minimum absolute atomic E-state index is 0.0755. The number of nitrogens with one attached hydrogen (secondary N) is 1. The number of carbonyl (C=O) groups is 1. The number of aromatic nitrogens is 3. The van der Waals surface area contributed by atoms with E-state index in [-0.39, 0.29) is 18.2 Å². The Kier molecular flexibility index (Phi) is 4.77. The van der Waals surface area contributed by atoms with Crippen LogP contribution in [0.3, 0.4) is 0 Å². The third-order valence-electron chi connectivity index (χ3n) is 4.51. The number of amides is 2. The number of hydrogen-bond donors (Lipinski definition) is 1. The molecule has 7 nitrogen and oxygen atoms in total. The Morgan fingerprint density at radius 1 is 1.19 bits per heavy atom. The number of rotatable bonds is 3. The maximum Gasteiger partial charge on any atom is 0.317 e. The highest BCUT2D eigenvalue weighted by Crippen LogP contribution is 2.23. The second-order valence-electron chi connectivity index (χ2n) is 6.97. The van der Waals surface area contributed by atoms with Crippen LogP contribution in [-0.2, 0) is 4.74 Å². The molecule has 1 aromatic carbocycles. The maximum atomic E-state index is 12.3. The van der Waals surface area contributed by atoms with Gasteiger partial charge in [-0.05, 0) is 31.5 Å². The highest BCUT2D eigenvalue weighted by atomic mass is 16.5. The summed E-state index contributed by atoms with van der Waals surface area (Å²) in [5.74, 6) is 0.599. The smallest absolute Gasteiger partial charge is 0.317 e. The lowest BCUT2D eigenvalue weighted by Gasteiger charge is -2.32. The summed E-state index contributed by atoms with van der Waals surface area (Å²) >= 11 is 0. The van der Waals surface area contributed by atoms with Crippen LogP contribution in [0.15, 0.2) is 48.7 Å². The zero-order valence-electron chi connectivity index (χ0n) is 15.5. The SMILES string of the molecule is CC(C)NC(=O)N1CCO[C@H](c2nc3ccc(-c4ccccc4)cn3n2)C1. The highest BCUT2D eigenvalue weighted by molar-refractivity contribution is 5.74. The van der Waals surface area contributed by atoms with Crippen molar-refractivity contribution in [1.82, 2.24) is 24.8 Å². The minimum atomic E-state index is -0.322. The molecule has 0 spiro atoms. The van der Waals surface area contributed by atoms with E-state index in [1.807, 2.05) is 50.4 Å². The van der Waals surface area contributed by atoms with Crippen LogP contribution < -0.4 is 5.32 Å². The second kappa shape index (κ2) is 7.36. The fourth-order valence-electron chi connectivity index (χ4n) is 3.17. The van der Waals surface area contributed by atoms with Gasteiger partial charge in [0.1, 0.15) is 6.10 Å². The summed E-state index contributed by atoms with van der Waals surface area (Å²) in [6.45, 7) is 5.39. The summed E-state index contributed by atoms with van der Waals surface area (Å²) in [6, 6.07) is 14.2. The van der Waals surface area contributed by atoms with E-state index in [2.05, 4.69) is 27.5 Å². The van der Waals surface area contributed by atoms with E-state index in [0.29, 0.717) is 25.5 Å². The molecule has 1 saturated heterocycles. The van der Waals surface area contributed by atoms with Gasteiger partial charge in [-0.25, -0.2) is 14.3 Å². The van der Waals surface area contributed by atoms with E-state index >= 15 is 0 Å². The van der Waals surface area contributed by atoms with Crippen molar-refractivity contribution in [1.29, 1.82) is 0 Å². The normalized spacial score (nSPS) is 17.4. The van der Waals surface area contributed by atoms with Crippen molar-refractivity contribution in [2.24, 2.45) is 0 Å². The van der Waals surface area contributed by atoms with Gasteiger partial charge < -0.3 is 15.0 Å². The third kappa shape index (κ3) is 3.78. The first-order valence-corrected chi connectivity index (χ1v) is 9.19. The van der Waals surface area contributed by atoms with Crippen LogP contribution in [0, 0.1) is 0 Å². The molecule has 140 valence electrons. The predicted molar refractivity (Wildman–Crippen MR) is 102 cm³/mol. The van der Waals surface area contributed by atoms with E-state index in [4.69, 9.17) is 4.74 Å². The van der Waals surface area contributed by atoms with Gasteiger partial charge in [0.2, 0.25) is 0 Å². The fraction of sp³-hybridized carbons (Fsp3) is 0.350. The number of urea groups is 1. The summed E-state index contributed by atoms with van der Waals surface area (Å²) in [5.41, 5.74) is 2.96. The number of pyridine rings is 1. The molecule has 27 heavy (non-hydrogen) atoms. The molecule has 3 aromatic rings. The summed E-state index contributed by atoms with van der Waals surface area (Å²) < 4.78 is 7.61. The number of fused-ring (bicyclic) bond motifs is 1. The molecule has 0 bridgehead atoms. The van der Waals surface area contributed by atoms with Crippen molar-refractivity contribution in [2.45, 2.75) is 26.0 Å². The average Bonchev–Trinajstić information content (AvgIpc) is 3.11. The molecule has 0 saturated carbocycles. The van der Waals surface area contributed by atoms with Crippen LogP contribution in [0.5, 0.6) is 0 Å². The van der Waals surface area contributed by atoms with Crippen molar-refractivity contribution >= 4 is 11.7 Å². The summed E-state index contributed by atoms with van der Waals surface area (Å²) in [6.07, 6.45) is 1.64. The van der Waals surface area contributed by atoms with Gasteiger partial charge in [-0.2, -0.15) is 0 Å². The first kappa shape index (κ1) is 17.5. The van der Waals surface area contributed by atoms with Gasteiger partial charge in [0, 0.05) is 24.3 Å². The number of ether oxygens (including phenoxy) is 1. The first-order chi connectivity index (χ1) is 13.1. The van der Waals surface area contributed by atoms with Gasteiger partial charge in [-0.1, -0.05) is 30.3 Å².